The number of nitrogens with one attached hydrogen (secondary N) is 1. The average Bonchev–Trinajstić information content (AvgIpc) is 3.33. The number of hydrogen-bond donors (Lipinski definition) is 1. The van der Waals surface area contributed by atoms with E-state index >= 15 is 0 Å². The van der Waals surface area contributed by atoms with Crippen LogP contribution in [0, 0.1) is 5.92 Å². The molecule has 5 nitrogen and oxygen atoms in total. The molecule has 0 radical (unpaired) electrons. The zero-order valence-electron chi connectivity index (χ0n) is 19.1. The summed E-state index contributed by atoms with van der Waals surface area (Å²) in [4.78, 5) is 2.42. The molecule has 0 aromatic heterocycles. The summed E-state index contributed by atoms with van der Waals surface area (Å²) in [5, 5.41) is 3.71. The van der Waals surface area contributed by atoms with E-state index in [9.17, 15) is 8.42 Å². The molecule has 0 spiro atoms. The van der Waals surface area contributed by atoms with Gasteiger partial charge in [-0.2, -0.15) is 0 Å². The fourth-order valence-electron chi connectivity index (χ4n) is 4.98. The van der Waals surface area contributed by atoms with Crippen molar-refractivity contribution in [1.82, 2.24) is 0 Å². The van der Waals surface area contributed by atoms with Crippen molar-refractivity contribution >= 4 is 27.1 Å². The van der Waals surface area contributed by atoms with Crippen LogP contribution in [0.3, 0.4) is 0 Å². The summed E-state index contributed by atoms with van der Waals surface area (Å²) in [6, 6.07) is 23.5. The van der Waals surface area contributed by atoms with Gasteiger partial charge in [0.15, 0.2) is 0 Å². The van der Waals surface area contributed by atoms with E-state index < -0.39 is 10.0 Å². The predicted molar refractivity (Wildman–Crippen MR) is 136 cm³/mol. The molecule has 170 valence electrons. The minimum Gasteiger partial charge on any atom is -0.378 e. The summed E-state index contributed by atoms with van der Waals surface area (Å²) in [7, 11) is 2.04. The Morgan fingerprint density at radius 1 is 0.879 bits per heavy atom. The van der Waals surface area contributed by atoms with E-state index in [-0.39, 0.29) is 12.0 Å². The fraction of sp³-hybridized carbons (Fsp3) is 0.259. The van der Waals surface area contributed by atoms with E-state index in [2.05, 4.69) is 46.6 Å². The summed E-state index contributed by atoms with van der Waals surface area (Å²) in [6.07, 6.45) is 5.44. The molecule has 1 aliphatic carbocycles. The van der Waals surface area contributed by atoms with Crippen LogP contribution in [0.2, 0.25) is 0 Å². The third-order valence-electron chi connectivity index (χ3n) is 6.88. The molecule has 1 aliphatic heterocycles. The van der Waals surface area contributed by atoms with Crippen LogP contribution in [-0.2, 0) is 10.0 Å². The Balaban J connectivity index is 1.49. The van der Waals surface area contributed by atoms with Gasteiger partial charge in [0.25, 0.3) is 10.0 Å². The van der Waals surface area contributed by atoms with Crippen molar-refractivity contribution in [1.29, 1.82) is 0 Å². The smallest absolute Gasteiger partial charge is 0.264 e. The Hall–Kier alpha value is -3.25. The van der Waals surface area contributed by atoms with Gasteiger partial charge >= 0.3 is 0 Å². The van der Waals surface area contributed by atoms with E-state index in [0.717, 1.165) is 17.7 Å². The molecule has 5 rings (SSSR count). The first-order valence-electron chi connectivity index (χ1n) is 11.2. The third-order valence-corrected chi connectivity index (χ3v) is 8.66. The van der Waals surface area contributed by atoms with Gasteiger partial charge in [0.05, 0.1) is 16.6 Å². The van der Waals surface area contributed by atoms with Gasteiger partial charge in [-0.05, 0) is 65.9 Å². The number of benzene rings is 3. The van der Waals surface area contributed by atoms with Gasteiger partial charge in [0.1, 0.15) is 0 Å². The molecule has 3 atom stereocenters. The molecule has 2 aliphatic rings. The molecule has 0 saturated heterocycles. The number of rotatable bonds is 5. The summed E-state index contributed by atoms with van der Waals surface area (Å²) in [6.45, 7) is 0. The van der Waals surface area contributed by atoms with Gasteiger partial charge in [-0.15, -0.1) is 0 Å². The first-order chi connectivity index (χ1) is 15.9. The zero-order chi connectivity index (χ0) is 23.2. The zero-order valence-corrected chi connectivity index (χ0v) is 20.0. The number of para-hydroxylation sites is 1. The molecule has 6 heteroatoms. The number of anilines is 3. The van der Waals surface area contributed by atoms with E-state index in [0.29, 0.717) is 16.5 Å². The standard InChI is InChI=1S/C27H29N3O2S/c1-29(2)20-14-12-19(13-15-20)27-24-11-7-10-23(24)25-18-22(16-17-26(25)28-27)33(31,32)30(3)21-8-5-4-6-9-21/h4-10,12-18,23-24,27-28H,11H2,1-3H3. The molecule has 1 N–H and O–H groups in total. The quantitative estimate of drug-likeness (QED) is 0.519. The summed E-state index contributed by atoms with van der Waals surface area (Å²) in [5.41, 5.74) is 5.13. The molecule has 0 saturated carbocycles. The molecule has 0 amide bonds. The molecule has 3 unspecified atom stereocenters. The lowest BCUT2D eigenvalue weighted by atomic mass is 9.77. The lowest BCUT2D eigenvalue weighted by Gasteiger charge is -2.38. The summed E-state index contributed by atoms with van der Waals surface area (Å²) >= 11 is 0. The summed E-state index contributed by atoms with van der Waals surface area (Å²) < 4.78 is 28.1. The van der Waals surface area contributed by atoms with Gasteiger partial charge in [0.2, 0.25) is 0 Å². The second-order valence-corrected chi connectivity index (χ2v) is 11.0. The van der Waals surface area contributed by atoms with E-state index in [4.69, 9.17) is 0 Å². The molecule has 1 heterocycles. The second-order valence-electron chi connectivity index (χ2n) is 9.02. The molecular weight excluding hydrogens is 430 g/mol. The SMILES string of the molecule is CN(C)c1ccc(C2Nc3ccc(S(=O)(=O)N(C)c4ccccc4)cc3C3C=CCC32)cc1. The van der Waals surface area contributed by atoms with Crippen molar-refractivity contribution in [2.45, 2.75) is 23.3 Å². The van der Waals surface area contributed by atoms with Crippen LogP contribution in [0.25, 0.3) is 0 Å². The highest BCUT2D eigenvalue weighted by atomic mass is 32.2. The minimum absolute atomic E-state index is 0.183. The maximum atomic E-state index is 13.4. The van der Waals surface area contributed by atoms with Crippen LogP contribution in [0.15, 0.2) is 89.8 Å². The van der Waals surface area contributed by atoms with Gasteiger partial charge in [-0.1, -0.05) is 42.5 Å². The van der Waals surface area contributed by atoms with Crippen LogP contribution >= 0.6 is 0 Å². The van der Waals surface area contributed by atoms with Crippen LogP contribution in [0.4, 0.5) is 17.1 Å². The van der Waals surface area contributed by atoms with E-state index in [1.165, 1.54) is 15.6 Å². The first kappa shape index (κ1) is 21.6. The fourth-order valence-corrected chi connectivity index (χ4v) is 6.21. The van der Waals surface area contributed by atoms with Crippen molar-refractivity contribution in [2.75, 3.05) is 35.7 Å². The predicted octanol–water partition coefficient (Wildman–Crippen LogP) is 5.40. The topological polar surface area (TPSA) is 52.7 Å². The highest BCUT2D eigenvalue weighted by Crippen LogP contribution is 2.50. The van der Waals surface area contributed by atoms with Crippen molar-refractivity contribution in [3.05, 3.63) is 96.1 Å². The van der Waals surface area contributed by atoms with Crippen LogP contribution < -0.4 is 14.5 Å². The first-order valence-corrected chi connectivity index (χ1v) is 12.7. The largest absolute Gasteiger partial charge is 0.378 e. The lowest BCUT2D eigenvalue weighted by molar-refractivity contribution is 0.425. The molecular formula is C27H29N3O2S. The van der Waals surface area contributed by atoms with Crippen molar-refractivity contribution in [2.24, 2.45) is 5.92 Å². The highest BCUT2D eigenvalue weighted by Gasteiger charge is 2.38. The van der Waals surface area contributed by atoms with Crippen LogP contribution in [0.1, 0.15) is 29.5 Å². The van der Waals surface area contributed by atoms with E-state index in [1.54, 1.807) is 25.2 Å². The average molecular weight is 460 g/mol. The Kier molecular flexibility index (Phi) is 5.41. The lowest BCUT2D eigenvalue weighted by Crippen LogP contribution is -2.30. The maximum absolute atomic E-state index is 13.4. The Morgan fingerprint density at radius 3 is 2.30 bits per heavy atom. The molecule has 3 aromatic carbocycles. The summed E-state index contributed by atoms with van der Waals surface area (Å²) in [5.74, 6) is 0.546. The minimum atomic E-state index is -3.66. The number of nitrogens with zero attached hydrogens (tertiary/aromatic N) is 2. The Bertz CT molecular complexity index is 1280. The van der Waals surface area contributed by atoms with Crippen molar-refractivity contribution in [3.63, 3.8) is 0 Å². The number of allylic oxidation sites excluding steroid dienone is 2. The normalized spacial score (nSPS) is 21.1. The van der Waals surface area contributed by atoms with Crippen molar-refractivity contribution < 1.29 is 8.42 Å². The Morgan fingerprint density at radius 2 is 1.61 bits per heavy atom. The van der Waals surface area contributed by atoms with Crippen LogP contribution in [0.5, 0.6) is 0 Å². The molecule has 0 bridgehead atoms. The third kappa shape index (κ3) is 3.78. The van der Waals surface area contributed by atoms with Gasteiger partial charge in [0, 0.05) is 38.4 Å². The molecule has 3 aromatic rings. The second kappa shape index (κ2) is 8.27. The van der Waals surface area contributed by atoms with Gasteiger partial charge < -0.3 is 10.2 Å². The Labute approximate surface area is 196 Å². The van der Waals surface area contributed by atoms with E-state index in [1.807, 2.05) is 44.4 Å². The maximum Gasteiger partial charge on any atom is 0.264 e. The number of fused-ring (bicyclic) bond motifs is 3. The van der Waals surface area contributed by atoms with Gasteiger partial charge in [-0.25, -0.2) is 8.42 Å². The van der Waals surface area contributed by atoms with Crippen molar-refractivity contribution in [3.8, 4) is 0 Å². The molecule has 33 heavy (non-hydrogen) atoms. The number of sulfonamides is 1. The van der Waals surface area contributed by atoms with Crippen LogP contribution in [-0.4, -0.2) is 29.6 Å². The van der Waals surface area contributed by atoms with Gasteiger partial charge in [-0.3, -0.25) is 4.31 Å². The monoisotopic (exact) mass is 459 g/mol. The number of hydrogen-bond acceptors (Lipinski definition) is 4. The highest BCUT2D eigenvalue weighted by molar-refractivity contribution is 7.92. The molecule has 0 fully saturated rings.